The van der Waals surface area contributed by atoms with Gasteiger partial charge in [0.25, 0.3) is 0 Å². The topological polar surface area (TPSA) is 11.3 Å². The van der Waals surface area contributed by atoms with Gasteiger partial charge < -0.3 is 0 Å². The van der Waals surface area contributed by atoms with Crippen LogP contribution in [-0.4, -0.2) is 5.38 Å². The van der Waals surface area contributed by atoms with Crippen molar-refractivity contribution >= 4 is 51.4 Å². The molecule has 0 bridgehead atoms. The molecule has 136 valence electrons. The zero-order chi connectivity index (χ0) is 19.2. The molecule has 2 aromatic carbocycles. The molecule has 1 aromatic heterocycles. The number of hydrogen-bond donors (Lipinski definition) is 0. The number of benzene rings is 2. The highest BCUT2D eigenvalue weighted by Gasteiger charge is 2.52. The van der Waals surface area contributed by atoms with Crippen LogP contribution in [0.3, 0.4) is 0 Å². The SMILES string of the molecule is CC1(Cl)c2[o+]c(-c3ccccc3)cc(-c3ccccc3)c2C(Cl)=C(Cl)C1Cl. The highest BCUT2D eigenvalue weighted by atomic mass is 35.5. The molecular formula is C22H15Cl4O+. The van der Waals surface area contributed by atoms with E-state index in [1.165, 1.54) is 0 Å². The van der Waals surface area contributed by atoms with E-state index in [4.69, 9.17) is 50.8 Å². The summed E-state index contributed by atoms with van der Waals surface area (Å²) >= 11 is 26.4. The highest BCUT2D eigenvalue weighted by Crippen LogP contribution is 2.53. The van der Waals surface area contributed by atoms with Crippen LogP contribution in [-0.2, 0) is 4.87 Å². The average molecular weight is 437 g/mol. The van der Waals surface area contributed by atoms with Gasteiger partial charge in [-0.2, -0.15) is 0 Å². The second-order valence-electron chi connectivity index (χ2n) is 6.56. The lowest BCUT2D eigenvalue weighted by molar-refractivity contribution is 0.441. The Morgan fingerprint density at radius 2 is 1.44 bits per heavy atom. The molecule has 0 amide bonds. The summed E-state index contributed by atoms with van der Waals surface area (Å²) in [6.07, 6.45) is 0. The minimum Gasteiger partial charge on any atom is -0.209 e. The largest absolute Gasteiger partial charge is 0.361 e. The number of alkyl halides is 2. The Balaban J connectivity index is 2.09. The summed E-state index contributed by atoms with van der Waals surface area (Å²) in [6, 6.07) is 21.8. The van der Waals surface area contributed by atoms with Gasteiger partial charge in [-0.25, -0.2) is 4.42 Å². The zero-order valence-electron chi connectivity index (χ0n) is 14.3. The van der Waals surface area contributed by atoms with Crippen LogP contribution >= 0.6 is 46.4 Å². The molecule has 2 unspecified atom stereocenters. The van der Waals surface area contributed by atoms with E-state index in [0.717, 1.165) is 16.7 Å². The van der Waals surface area contributed by atoms with Crippen molar-refractivity contribution in [2.24, 2.45) is 0 Å². The molecule has 4 rings (SSSR count). The smallest absolute Gasteiger partial charge is 0.209 e. The molecule has 2 atom stereocenters. The second-order valence-corrected chi connectivity index (χ2v) is 8.57. The summed E-state index contributed by atoms with van der Waals surface area (Å²) in [5.74, 6) is 1.20. The first-order valence-corrected chi connectivity index (χ1v) is 9.99. The third kappa shape index (κ3) is 3.17. The van der Waals surface area contributed by atoms with E-state index in [9.17, 15) is 0 Å². The van der Waals surface area contributed by atoms with Crippen molar-refractivity contribution in [1.82, 2.24) is 0 Å². The van der Waals surface area contributed by atoms with E-state index < -0.39 is 10.3 Å². The fourth-order valence-electron chi connectivity index (χ4n) is 3.25. The average Bonchev–Trinajstić information content (AvgIpc) is 2.71. The highest BCUT2D eigenvalue weighted by molar-refractivity contribution is 6.58. The van der Waals surface area contributed by atoms with E-state index in [-0.39, 0.29) is 0 Å². The Kier molecular flexibility index (Phi) is 4.98. The monoisotopic (exact) mass is 435 g/mol. The van der Waals surface area contributed by atoms with Crippen LogP contribution < -0.4 is 0 Å². The van der Waals surface area contributed by atoms with Crippen LogP contribution in [0.15, 0.2) is 76.2 Å². The summed E-state index contributed by atoms with van der Waals surface area (Å²) in [5, 5.41) is -0.00517. The third-order valence-corrected chi connectivity index (χ3v) is 6.86. The predicted molar refractivity (Wildman–Crippen MR) is 115 cm³/mol. The Morgan fingerprint density at radius 1 is 0.889 bits per heavy atom. The maximum atomic E-state index is 6.83. The third-order valence-electron chi connectivity index (χ3n) is 4.70. The summed E-state index contributed by atoms with van der Waals surface area (Å²) in [5.41, 5.74) is 3.51. The normalized spacial score (nSPS) is 21.9. The number of allylic oxidation sites excluding steroid dienone is 1. The van der Waals surface area contributed by atoms with Gasteiger partial charge in [-0.3, -0.25) is 0 Å². The maximum absolute atomic E-state index is 6.83. The van der Waals surface area contributed by atoms with Gasteiger partial charge in [0.2, 0.25) is 0 Å². The van der Waals surface area contributed by atoms with Crippen molar-refractivity contribution in [3.8, 4) is 22.5 Å². The van der Waals surface area contributed by atoms with Gasteiger partial charge in [-0.05, 0) is 24.6 Å². The van der Waals surface area contributed by atoms with Gasteiger partial charge in [0.15, 0.2) is 4.87 Å². The Labute approximate surface area is 178 Å². The molecule has 0 saturated carbocycles. The lowest BCUT2D eigenvalue weighted by Gasteiger charge is -2.28. The quantitative estimate of drug-likeness (QED) is 0.291. The molecule has 0 saturated heterocycles. The molecule has 1 heterocycles. The van der Waals surface area contributed by atoms with E-state index >= 15 is 0 Å². The minimum atomic E-state index is -1.04. The van der Waals surface area contributed by atoms with Gasteiger partial charge in [0.1, 0.15) is 10.9 Å². The molecule has 5 heteroatoms. The van der Waals surface area contributed by atoms with Gasteiger partial charge in [0.05, 0.1) is 21.7 Å². The first kappa shape index (κ1) is 18.8. The fraction of sp³-hybridized carbons (Fsp3) is 0.136. The molecule has 3 aromatic rings. The summed E-state index contributed by atoms with van der Waals surface area (Å²) < 4.78 is 6.26. The van der Waals surface area contributed by atoms with Crippen LogP contribution in [0.2, 0.25) is 0 Å². The van der Waals surface area contributed by atoms with Crippen molar-refractivity contribution in [2.75, 3.05) is 0 Å². The van der Waals surface area contributed by atoms with Crippen molar-refractivity contribution in [3.05, 3.63) is 83.1 Å². The lowest BCUT2D eigenvalue weighted by atomic mass is 9.87. The maximum Gasteiger partial charge on any atom is 0.361 e. The van der Waals surface area contributed by atoms with Gasteiger partial charge in [0, 0.05) is 5.56 Å². The van der Waals surface area contributed by atoms with Crippen LogP contribution in [0, 0.1) is 0 Å². The first-order chi connectivity index (χ1) is 12.9. The number of fused-ring (bicyclic) bond motifs is 1. The minimum absolute atomic E-state index is 0.322. The lowest BCUT2D eigenvalue weighted by Crippen LogP contribution is -2.32. The van der Waals surface area contributed by atoms with E-state index in [1.807, 2.05) is 66.7 Å². The number of hydrogen-bond acceptors (Lipinski definition) is 0. The molecule has 27 heavy (non-hydrogen) atoms. The van der Waals surface area contributed by atoms with Crippen molar-refractivity contribution in [1.29, 1.82) is 0 Å². The molecule has 0 aliphatic heterocycles. The molecule has 0 spiro atoms. The fourth-order valence-corrected chi connectivity index (χ4v) is 4.42. The summed E-state index contributed by atoms with van der Waals surface area (Å²) in [4.78, 5) is -1.04. The van der Waals surface area contributed by atoms with Crippen LogP contribution in [0.4, 0.5) is 0 Å². The molecule has 0 fully saturated rings. The van der Waals surface area contributed by atoms with Gasteiger partial charge >= 0.3 is 11.5 Å². The Bertz CT molecular complexity index is 1030. The Hall–Kier alpha value is -1.51. The number of halogens is 4. The molecule has 1 nitrogen and oxygen atoms in total. The molecule has 1 aliphatic rings. The zero-order valence-corrected chi connectivity index (χ0v) is 17.4. The van der Waals surface area contributed by atoms with Crippen LogP contribution in [0.5, 0.6) is 0 Å². The van der Waals surface area contributed by atoms with Gasteiger partial charge in [-0.15, -0.1) is 23.2 Å². The second kappa shape index (κ2) is 7.14. The van der Waals surface area contributed by atoms with Gasteiger partial charge in [-0.1, -0.05) is 71.7 Å². The first-order valence-electron chi connectivity index (χ1n) is 8.42. The standard InChI is InChI=1S/C22H15Cl4O/c1-22(26)20(25)19(24)18(23)17-15(13-8-4-2-5-9-13)12-16(27-21(17)22)14-10-6-3-7-11-14/h2-12,20H,1H3/q+1. The molecule has 0 N–H and O–H groups in total. The van der Waals surface area contributed by atoms with E-state index in [1.54, 1.807) is 6.92 Å². The Morgan fingerprint density at radius 3 is 2.04 bits per heavy atom. The molecule has 0 radical (unpaired) electrons. The summed E-state index contributed by atoms with van der Waals surface area (Å²) in [7, 11) is 0. The predicted octanol–water partition coefficient (Wildman–Crippen LogP) is 8.12. The molecule has 1 aliphatic carbocycles. The number of rotatable bonds is 2. The summed E-state index contributed by atoms with van der Waals surface area (Å²) in [6.45, 7) is 1.80. The van der Waals surface area contributed by atoms with Crippen molar-refractivity contribution < 1.29 is 4.42 Å². The van der Waals surface area contributed by atoms with Crippen LogP contribution in [0.1, 0.15) is 18.2 Å². The molecular weight excluding hydrogens is 422 g/mol. The van der Waals surface area contributed by atoms with Crippen molar-refractivity contribution in [3.63, 3.8) is 0 Å². The van der Waals surface area contributed by atoms with E-state index in [0.29, 0.717) is 27.1 Å². The van der Waals surface area contributed by atoms with E-state index in [2.05, 4.69) is 0 Å². The van der Waals surface area contributed by atoms with Crippen molar-refractivity contribution in [2.45, 2.75) is 17.2 Å². The van der Waals surface area contributed by atoms with Crippen LogP contribution in [0.25, 0.3) is 27.5 Å².